The molecule has 0 bridgehead atoms. The largest absolute Gasteiger partial charge is 0.197 e. The van der Waals surface area contributed by atoms with Crippen LogP contribution in [0.4, 0.5) is 0 Å². The summed E-state index contributed by atoms with van der Waals surface area (Å²) in [4.78, 5) is 0. The van der Waals surface area contributed by atoms with Gasteiger partial charge in [0, 0.05) is 52.4 Å². The summed E-state index contributed by atoms with van der Waals surface area (Å²) < 4.78 is 0. The van der Waals surface area contributed by atoms with E-state index in [0.29, 0.717) is 0 Å². The minimum atomic E-state index is 0. The van der Waals surface area contributed by atoms with Crippen LogP contribution in [0.2, 0.25) is 0 Å². The SMILES string of the molecule is S.S.S.[Bi].[Bi]. The van der Waals surface area contributed by atoms with Gasteiger partial charge in [-0.2, -0.15) is 40.5 Å². The first-order valence-corrected chi connectivity index (χ1v) is 0. The molecule has 5 heavy (non-hydrogen) atoms. The molecule has 0 aliphatic carbocycles. The van der Waals surface area contributed by atoms with Crippen molar-refractivity contribution in [3.8, 4) is 0 Å². The molecule has 0 fully saturated rings. The van der Waals surface area contributed by atoms with Gasteiger partial charge in [-0.25, -0.2) is 0 Å². The van der Waals surface area contributed by atoms with E-state index in [0.717, 1.165) is 0 Å². The predicted molar refractivity (Wildman–Crippen MR) is 42.7 cm³/mol. The van der Waals surface area contributed by atoms with Gasteiger partial charge in [0.25, 0.3) is 0 Å². The van der Waals surface area contributed by atoms with E-state index >= 15 is 0 Å². The van der Waals surface area contributed by atoms with Gasteiger partial charge < -0.3 is 0 Å². The van der Waals surface area contributed by atoms with Crippen LogP contribution in [0.15, 0.2) is 0 Å². The van der Waals surface area contributed by atoms with E-state index < -0.39 is 0 Å². The Kier molecular flexibility index (Phi) is 266. The minimum absolute atomic E-state index is 0. The first-order valence-electron chi connectivity index (χ1n) is 0. The number of rotatable bonds is 0. The van der Waals surface area contributed by atoms with Gasteiger partial charge in [-0.1, -0.05) is 0 Å². The van der Waals surface area contributed by atoms with Crippen LogP contribution in [0.1, 0.15) is 0 Å². The molecular weight excluding hydrogens is 514 g/mol. The summed E-state index contributed by atoms with van der Waals surface area (Å²) >= 11 is 0. The molecule has 0 unspecified atom stereocenters. The molecular formula is H6Bi2S3. The maximum Gasteiger partial charge on any atom is 0 e. The summed E-state index contributed by atoms with van der Waals surface area (Å²) in [5, 5.41) is 0. The maximum absolute atomic E-state index is 0. The summed E-state index contributed by atoms with van der Waals surface area (Å²) in [6, 6.07) is 0. The van der Waals surface area contributed by atoms with E-state index in [9.17, 15) is 0 Å². The van der Waals surface area contributed by atoms with Crippen LogP contribution in [-0.2, 0) is 0 Å². The molecule has 6 radical (unpaired) electrons. The molecule has 0 aliphatic rings. The van der Waals surface area contributed by atoms with Crippen LogP contribution in [0.5, 0.6) is 0 Å². The van der Waals surface area contributed by atoms with Crippen molar-refractivity contribution in [1.82, 2.24) is 0 Å². The normalized spacial score (nSPS) is 0. The zero-order valence-corrected chi connectivity index (χ0v) is 12.3. The van der Waals surface area contributed by atoms with Gasteiger partial charge in [0.1, 0.15) is 0 Å². The van der Waals surface area contributed by atoms with E-state index in [1.807, 2.05) is 0 Å². The molecule has 5 heteroatoms. The van der Waals surface area contributed by atoms with Crippen LogP contribution < -0.4 is 0 Å². The van der Waals surface area contributed by atoms with Crippen molar-refractivity contribution in [3.05, 3.63) is 0 Å². The van der Waals surface area contributed by atoms with Crippen molar-refractivity contribution in [3.63, 3.8) is 0 Å². The summed E-state index contributed by atoms with van der Waals surface area (Å²) in [6.07, 6.45) is 0. The molecule has 0 aromatic heterocycles. The topological polar surface area (TPSA) is 0 Å². The number of hydrogen-bond donors (Lipinski definition) is 0. The molecule has 0 aromatic carbocycles. The van der Waals surface area contributed by atoms with Gasteiger partial charge in [-0.15, -0.1) is 0 Å². The Morgan fingerprint density at radius 3 is 0.400 bits per heavy atom. The van der Waals surface area contributed by atoms with Crippen LogP contribution in [-0.4, -0.2) is 52.4 Å². The Hall–Kier alpha value is 2.82. The fourth-order valence-corrected chi connectivity index (χ4v) is 0. The van der Waals surface area contributed by atoms with Crippen molar-refractivity contribution in [2.24, 2.45) is 0 Å². The van der Waals surface area contributed by atoms with Gasteiger partial charge in [0.05, 0.1) is 0 Å². The Balaban J connectivity index is 0. The van der Waals surface area contributed by atoms with Crippen LogP contribution in [0.3, 0.4) is 0 Å². The first-order chi connectivity index (χ1) is 0. The quantitative estimate of drug-likeness (QED) is 0.381. The fraction of sp³-hybridized carbons (Fsp3) is 0. The van der Waals surface area contributed by atoms with Crippen LogP contribution >= 0.6 is 40.5 Å². The molecule has 0 aliphatic heterocycles. The predicted octanol–water partition coefficient (Wildman–Crippen LogP) is -0.423. The fourth-order valence-electron chi connectivity index (χ4n) is 0. The van der Waals surface area contributed by atoms with E-state index in [1.165, 1.54) is 0 Å². The third kappa shape index (κ3) is 19.9. The summed E-state index contributed by atoms with van der Waals surface area (Å²) in [7, 11) is 0. The van der Waals surface area contributed by atoms with Crippen LogP contribution in [0.25, 0.3) is 0 Å². The van der Waals surface area contributed by atoms with E-state index in [-0.39, 0.29) is 92.9 Å². The van der Waals surface area contributed by atoms with Crippen molar-refractivity contribution in [1.29, 1.82) is 0 Å². The van der Waals surface area contributed by atoms with Crippen molar-refractivity contribution >= 4 is 92.9 Å². The summed E-state index contributed by atoms with van der Waals surface area (Å²) in [5.74, 6) is 0. The summed E-state index contributed by atoms with van der Waals surface area (Å²) in [6.45, 7) is 0. The Labute approximate surface area is 91.4 Å². The standard InChI is InChI=1S/2Bi.3H2S/h;;3*1H2. The zero-order chi connectivity index (χ0) is 0. The molecule has 0 aromatic rings. The van der Waals surface area contributed by atoms with Gasteiger partial charge in [0.2, 0.25) is 0 Å². The molecule has 0 saturated heterocycles. The molecule has 0 atom stereocenters. The Morgan fingerprint density at radius 1 is 0.400 bits per heavy atom. The average Bonchev–Trinajstić information content (AvgIpc) is 0. The second-order valence-electron chi connectivity index (χ2n) is 0. The van der Waals surface area contributed by atoms with Gasteiger partial charge in [-0.05, 0) is 0 Å². The van der Waals surface area contributed by atoms with Gasteiger partial charge in [-0.3, -0.25) is 0 Å². The molecule has 0 rings (SSSR count). The second-order valence-corrected chi connectivity index (χ2v) is 0. The molecule has 0 amide bonds. The smallest absolute Gasteiger partial charge is 0 e. The molecule has 0 nitrogen and oxygen atoms in total. The van der Waals surface area contributed by atoms with Gasteiger partial charge >= 0.3 is 0 Å². The molecule has 0 N–H and O–H groups in total. The Morgan fingerprint density at radius 2 is 0.400 bits per heavy atom. The Bertz CT molecular complexity index is 4.85. The molecule has 34 valence electrons. The van der Waals surface area contributed by atoms with Gasteiger partial charge in [0.15, 0.2) is 0 Å². The maximum atomic E-state index is 0. The molecule has 0 saturated carbocycles. The molecule has 0 spiro atoms. The average molecular weight is 520 g/mol. The third-order valence-corrected chi connectivity index (χ3v) is 0. The second kappa shape index (κ2) is 29.1. The first kappa shape index (κ1) is 45.8. The monoisotopic (exact) mass is 520 g/mol. The van der Waals surface area contributed by atoms with E-state index in [1.54, 1.807) is 0 Å². The van der Waals surface area contributed by atoms with Crippen molar-refractivity contribution in [2.45, 2.75) is 0 Å². The van der Waals surface area contributed by atoms with E-state index in [2.05, 4.69) is 0 Å². The molecule has 0 heterocycles. The zero-order valence-electron chi connectivity index (χ0n) is 2.39. The minimum Gasteiger partial charge on any atom is -0.197 e. The number of hydrogen-bond acceptors (Lipinski definition) is 0. The summed E-state index contributed by atoms with van der Waals surface area (Å²) in [5.41, 5.74) is 0. The van der Waals surface area contributed by atoms with E-state index in [4.69, 9.17) is 0 Å². The third-order valence-electron chi connectivity index (χ3n) is 0. The van der Waals surface area contributed by atoms with Crippen molar-refractivity contribution < 1.29 is 0 Å². The van der Waals surface area contributed by atoms with Crippen molar-refractivity contribution in [2.75, 3.05) is 0 Å². The van der Waals surface area contributed by atoms with Crippen LogP contribution in [0, 0.1) is 0 Å².